The van der Waals surface area contributed by atoms with Crippen molar-refractivity contribution in [3.05, 3.63) is 29.8 Å². The molecule has 1 aromatic rings. The minimum atomic E-state index is -4.26. The molecule has 17 heavy (non-hydrogen) atoms. The molecule has 0 unspecified atom stereocenters. The van der Waals surface area contributed by atoms with E-state index in [0.717, 1.165) is 30.8 Å². The lowest BCUT2D eigenvalue weighted by Gasteiger charge is -2.18. The fraction of sp³-hybridized carbons (Fsp3) is 0.455. The van der Waals surface area contributed by atoms with Gasteiger partial charge in [0.2, 0.25) is 0 Å². The monoisotopic (exact) mass is 266 g/mol. The number of rotatable bonds is 1. The van der Waals surface area contributed by atoms with Crippen molar-refractivity contribution in [2.75, 3.05) is 18.0 Å². The highest BCUT2D eigenvalue weighted by Crippen LogP contribution is 2.31. The number of anilines is 1. The van der Waals surface area contributed by atoms with Crippen LogP contribution in [0.1, 0.15) is 12.0 Å². The van der Waals surface area contributed by atoms with Crippen molar-refractivity contribution < 1.29 is 13.2 Å². The summed E-state index contributed by atoms with van der Waals surface area (Å²) < 4.78 is 37.0. The number of nitrogens with zero attached hydrogens (tertiary/aromatic N) is 1. The van der Waals surface area contributed by atoms with Gasteiger partial charge in [0.15, 0.2) is 0 Å². The molecule has 1 atom stereocenters. The van der Waals surface area contributed by atoms with Crippen LogP contribution in [-0.4, -0.2) is 19.1 Å². The Bertz CT molecular complexity index is 364. The van der Waals surface area contributed by atoms with E-state index in [4.69, 9.17) is 5.73 Å². The Kier molecular flexibility index (Phi) is 4.27. The summed E-state index contributed by atoms with van der Waals surface area (Å²) in [6.07, 6.45) is -3.37. The first kappa shape index (κ1) is 14.1. The highest BCUT2D eigenvalue weighted by Gasteiger charge is 2.30. The standard InChI is InChI=1S/C11H13F3N2.ClH/c12-11(13,14)8-1-3-10(4-2-8)16-6-5-9(15)7-16;/h1-4,9H,5-7,15H2;1H/t9-;/m1./s1. The lowest BCUT2D eigenvalue weighted by Crippen LogP contribution is -2.26. The van der Waals surface area contributed by atoms with Gasteiger partial charge in [-0.15, -0.1) is 12.4 Å². The fourth-order valence-electron chi connectivity index (χ4n) is 1.88. The first-order chi connectivity index (χ1) is 7.47. The Hall–Kier alpha value is -0.940. The predicted molar refractivity (Wildman–Crippen MR) is 63.5 cm³/mol. The van der Waals surface area contributed by atoms with Crippen molar-refractivity contribution in [2.45, 2.75) is 18.6 Å². The third-order valence-corrected chi connectivity index (χ3v) is 2.78. The van der Waals surface area contributed by atoms with Crippen molar-refractivity contribution in [3.63, 3.8) is 0 Å². The molecule has 0 radical (unpaired) electrons. The summed E-state index contributed by atoms with van der Waals surface area (Å²) in [5.41, 5.74) is 5.94. The second-order valence-corrected chi connectivity index (χ2v) is 4.04. The van der Waals surface area contributed by atoms with Crippen LogP contribution >= 0.6 is 12.4 Å². The van der Waals surface area contributed by atoms with Crippen molar-refractivity contribution >= 4 is 18.1 Å². The van der Waals surface area contributed by atoms with Gasteiger partial charge in [0.05, 0.1) is 5.56 Å². The molecule has 1 aliphatic rings. The molecule has 0 amide bonds. The van der Waals surface area contributed by atoms with Crippen LogP contribution in [0.2, 0.25) is 0 Å². The molecule has 0 spiro atoms. The van der Waals surface area contributed by atoms with Crippen LogP contribution in [-0.2, 0) is 6.18 Å². The number of halogens is 4. The first-order valence-electron chi connectivity index (χ1n) is 5.14. The van der Waals surface area contributed by atoms with E-state index in [-0.39, 0.29) is 18.4 Å². The maximum absolute atomic E-state index is 12.3. The molecule has 2 nitrogen and oxygen atoms in total. The van der Waals surface area contributed by atoms with E-state index >= 15 is 0 Å². The maximum Gasteiger partial charge on any atom is 0.416 e. The first-order valence-corrected chi connectivity index (χ1v) is 5.14. The summed E-state index contributed by atoms with van der Waals surface area (Å²) in [7, 11) is 0. The van der Waals surface area contributed by atoms with Crippen LogP contribution in [0.25, 0.3) is 0 Å². The molecule has 6 heteroatoms. The number of nitrogens with two attached hydrogens (primary N) is 1. The Labute approximate surface area is 104 Å². The van der Waals surface area contributed by atoms with Crippen molar-refractivity contribution in [1.82, 2.24) is 0 Å². The SMILES string of the molecule is Cl.N[C@@H]1CCN(c2ccc(C(F)(F)F)cc2)C1. The summed E-state index contributed by atoms with van der Waals surface area (Å²) in [6, 6.07) is 5.35. The molecule has 2 rings (SSSR count). The van der Waals surface area contributed by atoms with E-state index < -0.39 is 11.7 Å². The smallest absolute Gasteiger partial charge is 0.370 e. The minimum absolute atomic E-state index is 0. The van der Waals surface area contributed by atoms with E-state index in [9.17, 15) is 13.2 Å². The molecule has 1 fully saturated rings. The largest absolute Gasteiger partial charge is 0.416 e. The van der Waals surface area contributed by atoms with Gasteiger partial charge in [-0.1, -0.05) is 0 Å². The van der Waals surface area contributed by atoms with E-state index in [1.165, 1.54) is 12.1 Å². The molecule has 96 valence electrons. The highest BCUT2D eigenvalue weighted by atomic mass is 35.5. The Balaban J connectivity index is 0.00000144. The zero-order valence-electron chi connectivity index (χ0n) is 9.07. The molecule has 1 saturated heterocycles. The van der Waals surface area contributed by atoms with E-state index in [2.05, 4.69) is 0 Å². The number of benzene rings is 1. The third-order valence-electron chi connectivity index (χ3n) is 2.78. The third kappa shape index (κ3) is 3.26. The van der Waals surface area contributed by atoms with Gasteiger partial charge in [0, 0.05) is 24.8 Å². The lowest BCUT2D eigenvalue weighted by atomic mass is 10.2. The molecule has 1 aromatic carbocycles. The summed E-state index contributed by atoms with van der Waals surface area (Å²) in [5, 5.41) is 0. The van der Waals surface area contributed by atoms with E-state index in [1.54, 1.807) is 0 Å². The van der Waals surface area contributed by atoms with Crippen LogP contribution in [0, 0.1) is 0 Å². The van der Waals surface area contributed by atoms with Crippen LogP contribution in [0.3, 0.4) is 0 Å². The Morgan fingerprint density at radius 2 is 1.76 bits per heavy atom. The summed E-state index contributed by atoms with van der Waals surface area (Å²) in [6.45, 7) is 1.53. The average Bonchev–Trinajstić information content (AvgIpc) is 2.64. The lowest BCUT2D eigenvalue weighted by molar-refractivity contribution is -0.137. The van der Waals surface area contributed by atoms with Crippen LogP contribution in [0.5, 0.6) is 0 Å². The molecule has 0 bridgehead atoms. The van der Waals surface area contributed by atoms with Gasteiger partial charge in [-0.3, -0.25) is 0 Å². The quantitative estimate of drug-likeness (QED) is 0.847. The zero-order chi connectivity index (χ0) is 11.8. The molecule has 0 aliphatic carbocycles. The van der Waals surface area contributed by atoms with Crippen LogP contribution in [0.15, 0.2) is 24.3 Å². The van der Waals surface area contributed by atoms with Gasteiger partial charge in [-0.2, -0.15) is 13.2 Å². The molecule has 0 aromatic heterocycles. The predicted octanol–water partition coefficient (Wildman–Crippen LogP) is 2.66. The van der Waals surface area contributed by atoms with Gasteiger partial charge in [0.1, 0.15) is 0 Å². The molecule has 2 N–H and O–H groups in total. The number of hydrogen-bond donors (Lipinski definition) is 1. The second kappa shape index (κ2) is 5.14. The number of alkyl halides is 3. The Morgan fingerprint density at radius 1 is 1.18 bits per heavy atom. The highest BCUT2D eigenvalue weighted by molar-refractivity contribution is 5.85. The normalized spacial score (nSPS) is 20.2. The van der Waals surface area contributed by atoms with Crippen LogP contribution in [0.4, 0.5) is 18.9 Å². The minimum Gasteiger partial charge on any atom is -0.370 e. The van der Waals surface area contributed by atoms with Crippen molar-refractivity contribution in [3.8, 4) is 0 Å². The summed E-state index contributed by atoms with van der Waals surface area (Å²) in [5.74, 6) is 0. The summed E-state index contributed by atoms with van der Waals surface area (Å²) in [4.78, 5) is 2.00. The molecule has 1 aliphatic heterocycles. The maximum atomic E-state index is 12.3. The second-order valence-electron chi connectivity index (χ2n) is 4.04. The summed E-state index contributed by atoms with van der Waals surface area (Å²) >= 11 is 0. The fourth-order valence-corrected chi connectivity index (χ4v) is 1.88. The van der Waals surface area contributed by atoms with Gasteiger partial charge in [-0.05, 0) is 30.7 Å². The van der Waals surface area contributed by atoms with Crippen molar-refractivity contribution in [1.29, 1.82) is 0 Å². The van der Waals surface area contributed by atoms with Gasteiger partial charge in [0.25, 0.3) is 0 Å². The van der Waals surface area contributed by atoms with Gasteiger partial charge < -0.3 is 10.6 Å². The zero-order valence-corrected chi connectivity index (χ0v) is 9.89. The Morgan fingerprint density at radius 3 is 2.18 bits per heavy atom. The average molecular weight is 267 g/mol. The van der Waals surface area contributed by atoms with Crippen molar-refractivity contribution in [2.24, 2.45) is 5.73 Å². The van der Waals surface area contributed by atoms with Gasteiger partial charge >= 0.3 is 6.18 Å². The van der Waals surface area contributed by atoms with Gasteiger partial charge in [-0.25, -0.2) is 0 Å². The molecular weight excluding hydrogens is 253 g/mol. The number of hydrogen-bond acceptors (Lipinski definition) is 2. The van der Waals surface area contributed by atoms with E-state index in [1.807, 2.05) is 4.90 Å². The molecule has 0 saturated carbocycles. The molecular formula is C11H14ClF3N2. The van der Waals surface area contributed by atoms with E-state index in [0.29, 0.717) is 6.54 Å². The van der Waals surface area contributed by atoms with Crippen LogP contribution < -0.4 is 10.6 Å². The topological polar surface area (TPSA) is 29.3 Å². The molecule has 1 heterocycles.